The standard InChI is InChI=1S/C21H29N3O2.C21H31N3O2.C20H29N3O2.C18H25N3O2.C17H23N3O2/c1-4-26-21(25)18-14-23-19-16(3)12-15(2)13-17(19)20(18)22-8-7-11-24-9-5-6-10-24;1-6-24(7-2)11-9-10-22-20-17-13-15(4)12-16(5)19(17)23-14-18(20)21(25)26-8-3;1-6-25-20(24)17-12-23-18-15(5)10-14(4)11-16(18)19(17)22-9-7-8-21-13(2)3;1-5-23-18(22)15-11-21-16-13(3)9-12(2)10-14(16)17(15)20-8-6-7-19-4;1-4-22-17(21)14-10-20-15-12(3)8-11(2)9-13(15)16(14)19-7-5-6-18/h12-14H,4-11H2,1-3H3,(H,22,23);12-14H,6-11H2,1-5H3,(H,22,23);10-13,21H,6-9H2,1-5H3,(H,22,23);9-11,19H,5-8H2,1-4H3,(H,20,21);8-10H,4-7,18H2,1-3H3,(H,19,20). The first kappa shape index (κ1) is 98.4. The monoisotopic (exact) mass is 1670 g/mol. The summed E-state index contributed by atoms with van der Waals surface area (Å²) in [4.78, 5) is 89.0. The summed E-state index contributed by atoms with van der Waals surface area (Å²) in [7, 11) is 1.93. The third kappa shape index (κ3) is 28.2. The highest BCUT2D eigenvalue weighted by atomic mass is 16.5. The lowest BCUT2D eigenvalue weighted by Gasteiger charge is -2.19. The Morgan fingerprint density at radius 2 is 0.639 bits per heavy atom. The van der Waals surface area contributed by atoms with Gasteiger partial charge in [-0.15, -0.1) is 0 Å². The highest BCUT2D eigenvalue weighted by molar-refractivity contribution is 6.10. The van der Waals surface area contributed by atoms with Gasteiger partial charge in [0.1, 0.15) is 27.8 Å². The van der Waals surface area contributed by atoms with Gasteiger partial charge in [0.2, 0.25) is 0 Å². The Morgan fingerprint density at radius 1 is 0.377 bits per heavy atom. The van der Waals surface area contributed by atoms with Crippen LogP contribution in [-0.4, -0.2) is 202 Å². The maximum Gasteiger partial charge on any atom is 0.341 e. The van der Waals surface area contributed by atoms with Crippen LogP contribution in [0.2, 0.25) is 0 Å². The van der Waals surface area contributed by atoms with E-state index in [-0.39, 0.29) is 29.8 Å². The molecule has 6 heterocycles. The number of pyridine rings is 5. The fourth-order valence-electron chi connectivity index (χ4n) is 15.1. The number of aromatic nitrogens is 5. The number of ether oxygens (including phenoxy) is 5. The Hall–Kier alpha value is -10.7. The minimum atomic E-state index is -0.355. The molecule has 5 aromatic carbocycles. The molecule has 25 heteroatoms. The molecular weight excluding hydrogens is 1540 g/mol. The number of fused-ring (bicyclic) bond motifs is 5. The number of aryl methyl sites for hydroxylation is 10. The van der Waals surface area contributed by atoms with Crippen molar-refractivity contribution < 1.29 is 47.7 Å². The first-order chi connectivity index (χ1) is 58.7. The molecule has 5 aromatic heterocycles. The van der Waals surface area contributed by atoms with E-state index in [1.807, 2.05) is 68.5 Å². The Morgan fingerprint density at radius 3 is 0.893 bits per heavy atom. The summed E-state index contributed by atoms with van der Waals surface area (Å²) in [6.07, 6.45) is 15.6. The van der Waals surface area contributed by atoms with Crippen molar-refractivity contribution in [1.82, 2.24) is 45.4 Å². The third-order valence-corrected chi connectivity index (χ3v) is 20.8. The van der Waals surface area contributed by atoms with Crippen LogP contribution >= 0.6 is 0 Å². The van der Waals surface area contributed by atoms with E-state index in [4.69, 9.17) is 29.4 Å². The van der Waals surface area contributed by atoms with Gasteiger partial charge >= 0.3 is 29.8 Å². The first-order valence-electron chi connectivity index (χ1n) is 43.8. The molecule has 0 atom stereocenters. The van der Waals surface area contributed by atoms with Crippen LogP contribution in [0.5, 0.6) is 0 Å². The van der Waals surface area contributed by atoms with Crippen molar-refractivity contribution in [3.05, 3.63) is 175 Å². The lowest BCUT2D eigenvalue weighted by molar-refractivity contribution is 0.0517. The minimum absolute atomic E-state index is 0.317. The number of hydrogen-bond donors (Lipinski definition) is 8. The van der Waals surface area contributed by atoms with Gasteiger partial charge in [0.25, 0.3) is 0 Å². The topological polar surface area (TPSA) is 313 Å². The molecule has 10 aromatic rings. The number of benzene rings is 5. The van der Waals surface area contributed by atoms with Crippen LogP contribution in [0.15, 0.2) is 91.6 Å². The van der Waals surface area contributed by atoms with Crippen molar-refractivity contribution in [2.75, 3.05) is 158 Å². The van der Waals surface area contributed by atoms with Gasteiger partial charge in [-0.1, -0.05) is 85.8 Å². The number of nitrogens with two attached hydrogens (primary N) is 1. The number of carbonyl (C=O) groups is 5. The fraction of sp³-hybridized carbons (Fsp3) is 0.485. The number of nitrogens with one attached hydrogen (secondary N) is 7. The van der Waals surface area contributed by atoms with Crippen molar-refractivity contribution in [2.45, 2.75) is 183 Å². The summed E-state index contributed by atoms with van der Waals surface area (Å²) in [5.41, 5.74) is 28.0. The fourth-order valence-corrected chi connectivity index (χ4v) is 15.1. The summed E-state index contributed by atoms with van der Waals surface area (Å²) in [5.74, 6) is -1.67. The van der Waals surface area contributed by atoms with E-state index in [1.54, 1.807) is 44.8 Å². The van der Waals surface area contributed by atoms with Gasteiger partial charge in [0, 0.05) is 96.7 Å². The van der Waals surface area contributed by atoms with Crippen LogP contribution < -0.4 is 43.0 Å². The Labute approximate surface area is 723 Å². The minimum Gasteiger partial charge on any atom is -0.462 e. The number of rotatable bonds is 37. The predicted molar refractivity (Wildman–Crippen MR) is 501 cm³/mol. The number of anilines is 5. The third-order valence-electron chi connectivity index (χ3n) is 20.8. The van der Waals surface area contributed by atoms with E-state index >= 15 is 0 Å². The van der Waals surface area contributed by atoms with Crippen LogP contribution in [0.3, 0.4) is 0 Å². The molecule has 1 aliphatic heterocycles. The molecule has 0 spiro atoms. The zero-order chi connectivity index (χ0) is 89.0. The number of esters is 5. The maximum absolute atomic E-state index is 12.4. The molecule has 0 bridgehead atoms. The van der Waals surface area contributed by atoms with Gasteiger partial charge in [0.15, 0.2) is 0 Å². The lowest BCUT2D eigenvalue weighted by Crippen LogP contribution is -2.25. The van der Waals surface area contributed by atoms with Crippen LogP contribution in [0.25, 0.3) is 54.5 Å². The average Bonchev–Trinajstić information content (AvgIpc) is 0.835. The van der Waals surface area contributed by atoms with E-state index in [1.165, 1.54) is 25.9 Å². The second-order valence-corrected chi connectivity index (χ2v) is 31.2. The highest BCUT2D eigenvalue weighted by Crippen LogP contribution is 2.36. The van der Waals surface area contributed by atoms with Crippen molar-refractivity contribution in [3.63, 3.8) is 0 Å². The van der Waals surface area contributed by atoms with Crippen LogP contribution in [0.1, 0.15) is 215 Å². The molecule has 1 fully saturated rings. The maximum atomic E-state index is 12.4. The van der Waals surface area contributed by atoms with Gasteiger partial charge in [-0.2, -0.15) is 0 Å². The zero-order valence-electron chi connectivity index (χ0n) is 76.4. The average molecular weight is 1670 g/mol. The summed E-state index contributed by atoms with van der Waals surface area (Å²) >= 11 is 0. The van der Waals surface area contributed by atoms with E-state index in [0.29, 0.717) is 80.0 Å². The molecule has 122 heavy (non-hydrogen) atoms. The normalized spacial score (nSPS) is 11.8. The van der Waals surface area contributed by atoms with Crippen molar-refractivity contribution in [2.24, 2.45) is 5.73 Å². The van der Waals surface area contributed by atoms with Crippen molar-refractivity contribution >= 4 is 113 Å². The van der Waals surface area contributed by atoms with Crippen molar-refractivity contribution in [1.29, 1.82) is 0 Å². The molecular formula is C97H137N15O10. The molecule has 0 radical (unpaired) electrons. The molecule has 1 aliphatic rings. The quantitative estimate of drug-likeness (QED) is 0.0102. The van der Waals surface area contributed by atoms with E-state index in [0.717, 1.165) is 236 Å². The number of likely N-dealkylation sites (tertiary alicyclic amines) is 1. The molecule has 9 N–H and O–H groups in total. The summed E-state index contributed by atoms with van der Waals surface area (Å²) < 4.78 is 26.0. The van der Waals surface area contributed by atoms with Gasteiger partial charge in [-0.25, -0.2) is 24.0 Å². The van der Waals surface area contributed by atoms with Gasteiger partial charge in [-0.3, -0.25) is 24.9 Å². The molecule has 0 saturated carbocycles. The highest BCUT2D eigenvalue weighted by Gasteiger charge is 2.24. The van der Waals surface area contributed by atoms with Gasteiger partial charge < -0.3 is 76.4 Å². The van der Waals surface area contributed by atoms with E-state index < -0.39 is 0 Å². The zero-order valence-corrected chi connectivity index (χ0v) is 76.4. The largest absolute Gasteiger partial charge is 0.462 e. The second-order valence-electron chi connectivity index (χ2n) is 31.2. The molecule has 0 aliphatic carbocycles. The van der Waals surface area contributed by atoms with Crippen LogP contribution in [0, 0.1) is 69.2 Å². The Balaban J connectivity index is 0.000000210. The molecule has 25 nitrogen and oxygen atoms in total. The predicted octanol–water partition coefficient (Wildman–Crippen LogP) is 17.8. The molecule has 0 amide bonds. The molecule has 1 saturated heterocycles. The molecule has 11 rings (SSSR count). The smallest absolute Gasteiger partial charge is 0.341 e. The molecule has 660 valence electrons. The van der Waals surface area contributed by atoms with Gasteiger partial charge in [0.05, 0.1) is 89.1 Å². The Bertz CT molecular complexity index is 5000. The first-order valence-corrected chi connectivity index (χ1v) is 43.8. The van der Waals surface area contributed by atoms with Crippen LogP contribution in [0.4, 0.5) is 28.4 Å². The number of hydrogen-bond acceptors (Lipinski definition) is 25. The summed E-state index contributed by atoms with van der Waals surface area (Å²) in [6.45, 7) is 52.9. The molecule has 0 unspecified atom stereocenters. The second kappa shape index (κ2) is 50.6. The van der Waals surface area contributed by atoms with Crippen LogP contribution in [-0.2, 0) is 23.7 Å². The summed E-state index contributed by atoms with van der Waals surface area (Å²) in [6, 6.07) is 21.4. The summed E-state index contributed by atoms with van der Waals surface area (Å²) in [5, 5.41) is 28.6. The van der Waals surface area contributed by atoms with E-state index in [9.17, 15) is 24.0 Å². The number of nitrogens with zero attached hydrogens (tertiary/aromatic N) is 7. The number of carbonyl (C=O) groups excluding carboxylic acids is 5. The van der Waals surface area contributed by atoms with E-state index in [2.05, 4.69) is 189 Å². The Kier molecular flexibility index (Phi) is 40.9. The SMILES string of the molecule is CCOC(=O)c1cnc2c(C)cc(C)cc2c1NCCCN.CCOC(=O)c1cnc2c(C)cc(C)cc2c1NCCCN(CC)CC.CCOC(=O)c1cnc2c(C)cc(C)cc2c1NCCCN1CCCC1.CCOC(=O)c1cnc2c(C)cc(C)cc2c1NCCCNC.CCOC(=O)c1cnc2c(C)cc(C)cc2c1NCCCNC(C)C. The van der Waals surface area contributed by atoms with Gasteiger partial charge in [-0.05, 0) is 273 Å². The lowest BCUT2D eigenvalue weighted by atomic mass is 10.0. The van der Waals surface area contributed by atoms with Crippen molar-refractivity contribution in [3.8, 4) is 0 Å².